The van der Waals surface area contributed by atoms with Crippen molar-refractivity contribution in [3.63, 3.8) is 0 Å². The second kappa shape index (κ2) is 6.73. The Hall–Kier alpha value is -2.21. The summed E-state index contributed by atoms with van der Waals surface area (Å²) < 4.78 is 35.6. The maximum atomic E-state index is 12.6. The molecule has 0 aliphatic carbocycles. The van der Waals surface area contributed by atoms with Gasteiger partial charge in [0.1, 0.15) is 11.9 Å². The van der Waals surface area contributed by atoms with Crippen LogP contribution in [0.3, 0.4) is 0 Å². The van der Waals surface area contributed by atoms with E-state index in [4.69, 9.17) is 10.00 Å². The predicted octanol–water partition coefficient (Wildman–Crippen LogP) is 1.58. The van der Waals surface area contributed by atoms with Crippen molar-refractivity contribution in [3.05, 3.63) is 48.0 Å². The van der Waals surface area contributed by atoms with Crippen LogP contribution in [0.1, 0.15) is 30.8 Å². The summed E-state index contributed by atoms with van der Waals surface area (Å²) in [7, 11) is -3.74. The number of nitriles is 1. The Morgan fingerprint density at radius 3 is 3.08 bits per heavy atom. The molecule has 2 aromatic rings. The minimum Gasteiger partial charge on any atom is -0.369 e. The first-order valence-electron chi connectivity index (χ1n) is 7.70. The minimum absolute atomic E-state index is 0.0750. The van der Waals surface area contributed by atoms with Gasteiger partial charge in [-0.05, 0) is 31.5 Å². The van der Waals surface area contributed by atoms with Crippen LogP contribution in [0.4, 0.5) is 0 Å². The second-order valence-corrected chi connectivity index (χ2v) is 7.23. The number of aromatic nitrogens is 2. The van der Waals surface area contributed by atoms with E-state index in [1.165, 1.54) is 12.1 Å². The average molecular weight is 346 g/mol. The summed E-state index contributed by atoms with van der Waals surface area (Å²) in [6, 6.07) is 7.51. The quantitative estimate of drug-likeness (QED) is 0.886. The zero-order valence-electron chi connectivity index (χ0n) is 13.2. The first-order chi connectivity index (χ1) is 11.5. The molecule has 1 aliphatic rings. The van der Waals surface area contributed by atoms with E-state index < -0.39 is 22.2 Å². The fraction of sp³-hybridized carbons (Fsp3) is 0.375. The molecule has 1 saturated heterocycles. The molecule has 0 spiro atoms. The number of nitrogens with zero attached hydrogens (tertiary/aromatic N) is 3. The maximum absolute atomic E-state index is 12.6. The fourth-order valence-electron chi connectivity index (χ4n) is 2.81. The molecular weight excluding hydrogens is 328 g/mol. The van der Waals surface area contributed by atoms with Crippen molar-refractivity contribution in [2.24, 2.45) is 0 Å². The van der Waals surface area contributed by atoms with E-state index in [2.05, 4.69) is 9.71 Å². The third-order valence-corrected chi connectivity index (χ3v) is 5.50. The van der Waals surface area contributed by atoms with Crippen molar-refractivity contribution >= 4 is 10.0 Å². The Bertz CT molecular complexity index is 869. The molecule has 0 bridgehead atoms. The zero-order valence-corrected chi connectivity index (χ0v) is 14.0. The number of aryl methyl sites for hydroxylation is 1. The summed E-state index contributed by atoms with van der Waals surface area (Å²) >= 11 is 0. The first-order valence-corrected chi connectivity index (χ1v) is 9.18. The van der Waals surface area contributed by atoms with Gasteiger partial charge in [-0.3, -0.25) is 0 Å². The number of imidazole rings is 1. The fourth-order valence-corrected chi connectivity index (χ4v) is 4.13. The van der Waals surface area contributed by atoms with Gasteiger partial charge in [-0.25, -0.2) is 18.1 Å². The van der Waals surface area contributed by atoms with Crippen LogP contribution in [0.5, 0.6) is 0 Å². The van der Waals surface area contributed by atoms with E-state index in [0.29, 0.717) is 24.4 Å². The molecule has 8 heteroatoms. The van der Waals surface area contributed by atoms with Crippen molar-refractivity contribution in [2.75, 3.05) is 6.61 Å². The van der Waals surface area contributed by atoms with Gasteiger partial charge in [0.25, 0.3) is 0 Å². The molecule has 0 saturated carbocycles. The van der Waals surface area contributed by atoms with E-state index in [1.54, 1.807) is 18.3 Å². The van der Waals surface area contributed by atoms with Crippen molar-refractivity contribution in [1.82, 2.24) is 14.3 Å². The second-order valence-electron chi connectivity index (χ2n) is 5.52. The van der Waals surface area contributed by atoms with Gasteiger partial charge in [-0.1, -0.05) is 6.07 Å². The van der Waals surface area contributed by atoms with Gasteiger partial charge >= 0.3 is 0 Å². The number of rotatable bonds is 5. The average Bonchev–Trinajstić information content (AvgIpc) is 3.22. The molecule has 1 aromatic carbocycles. The molecule has 7 nitrogen and oxygen atoms in total. The highest BCUT2D eigenvalue weighted by Gasteiger charge is 2.35. The van der Waals surface area contributed by atoms with Crippen LogP contribution >= 0.6 is 0 Å². The number of benzene rings is 1. The molecule has 0 unspecified atom stereocenters. The van der Waals surface area contributed by atoms with Crippen LogP contribution in [0, 0.1) is 11.3 Å². The topological polar surface area (TPSA) is 97.0 Å². The van der Waals surface area contributed by atoms with Crippen LogP contribution in [0.2, 0.25) is 0 Å². The number of sulfonamides is 1. The monoisotopic (exact) mass is 346 g/mol. The smallest absolute Gasteiger partial charge is 0.240 e. The van der Waals surface area contributed by atoms with Crippen molar-refractivity contribution in [2.45, 2.75) is 36.9 Å². The van der Waals surface area contributed by atoms with Crippen LogP contribution in [0.25, 0.3) is 0 Å². The van der Waals surface area contributed by atoms with Gasteiger partial charge in [0.15, 0.2) is 0 Å². The molecule has 1 N–H and O–H groups in total. The SMILES string of the molecule is CCn1ccnc1[C@H]1OCC[C@@H]1NS(=O)(=O)c1cccc(C#N)c1. The highest BCUT2D eigenvalue weighted by atomic mass is 32.2. The summed E-state index contributed by atoms with van der Waals surface area (Å²) in [6.45, 7) is 3.19. The molecule has 24 heavy (non-hydrogen) atoms. The Labute approximate surface area is 140 Å². The number of hydrogen-bond acceptors (Lipinski definition) is 5. The van der Waals surface area contributed by atoms with E-state index in [-0.39, 0.29) is 4.90 Å². The predicted molar refractivity (Wildman–Crippen MR) is 86.5 cm³/mol. The van der Waals surface area contributed by atoms with Crippen LogP contribution in [-0.4, -0.2) is 30.6 Å². The third-order valence-electron chi connectivity index (χ3n) is 4.01. The molecular formula is C16H18N4O3S. The standard InChI is InChI=1S/C16H18N4O3S/c1-2-20-8-7-18-16(20)15-14(6-9-23-15)19-24(21,22)13-5-3-4-12(10-13)11-17/h3-5,7-8,10,14-15,19H,2,6,9H2,1H3/t14-,15-/m0/s1. The lowest BCUT2D eigenvalue weighted by molar-refractivity contribution is 0.0925. The van der Waals surface area contributed by atoms with Gasteiger partial charge < -0.3 is 9.30 Å². The molecule has 1 aliphatic heterocycles. The minimum atomic E-state index is -3.74. The van der Waals surface area contributed by atoms with Crippen LogP contribution in [0.15, 0.2) is 41.6 Å². The number of ether oxygens (including phenoxy) is 1. The molecule has 1 aromatic heterocycles. The van der Waals surface area contributed by atoms with Gasteiger partial charge in [0, 0.05) is 25.5 Å². The Kier molecular flexibility index (Phi) is 4.66. The highest BCUT2D eigenvalue weighted by Crippen LogP contribution is 2.29. The lowest BCUT2D eigenvalue weighted by Gasteiger charge is -2.20. The first kappa shape index (κ1) is 16.6. The summed E-state index contributed by atoms with van der Waals surface area (Å²) in [5.74, 6) is 0.716. The van der Waals surface area contributed by atoms with Crippen molar-refractivity contribution in [1.29, 1.82) is 5.26 Å². The van der Waals surface area contributed by atoms with Crippen LogP contribution in [-0.2, 0) is 21.3 Å². The van der Waals surface area contributed by atoms with Gasteiger partial charge in [0.2, 0.25) is 10.0 Å². The Morgan fingerprint density at radius 2 is 2.33 bits per heavy atom. The highest BCUT2D eigenvalue weighted by molar-refractivity contribution is 7.89. The molecule has 3 rings (SSSR count). The van der Waals surface area contributed by atoms with E-state index >= 15 is 0 Å². The lowest BCUT2D eigenvalue weighted by Crippen LogP contribution is -2.37. The Balaban J connectivity index is 1.85. The molecule has 126 valence electrons. The van der Waals surface area contributed by atoms with Crippen molar-refractivity contribution < 1.29 is 13.2 Å². The Morgan fingerprint density at radius 1 is 1.50 bits per heavy atom. The molecule has 0 amide bonds. The number of hydrogen-bond donors (Lipinski definition) is 1. The maximum Gasteiger partial charge on any atom is 0.240 e. The van der Waals surface area contributed by atoms with E-state index in [1.807, 2.05) is 23.8 Å². The lowest BCUT2D eigenvalue weighted by atomic mass is 10.1. The van der Waals surface area contributed by atoms with E-state index in [9.17, 15) is 8.42 Å². The summed E-state index contributed by atoms with van der Waals surface area (Å²) in [5, 5.41) is 8.94. The summed E-state index contributed by atoms with van der Waals surface area (Å²) in [4.78, 5) is 4.38. The van der Waals surface area contributed by atoms with Crippen LogP contribution < -0.4 is 4.72 Å². The van der Waals surface area contributed by atoms with Gasteiger partial charge in [-0.2, -0.15) is 5.26 Å². The largest absolute Gasteiger partial charge is 0.369 e. The molecule has 1 fully saturated rings. The third kappa shape index (κ3) is 3.19. The van der Waals surface area contributed by atoms with Crippen molar-refractivity contribution in [3.8, 4) is 6.07 Å². The summed E-state index contributed by atoms with van der Waals surface area (Å²) in [6.07, 6.45) is 3.67. The van der Waals surface area contributed by atoms with Gasteiger partial charge in [-0.15, -0.1) is 0 Å². The molecule has 0 radical (unpaired) electrons. The number of nitrogens with one attached hydrogen (secondary N) is 1. The summed E-state index contributed by atoms with van der Waals surface area (Å²) in [5.41, 5.74) is 0.304. The van der Waals surface area contributed by atoms with E-state index in [0.717, 1.165) is 6.54 Å². The molecule has 2 heterocycles. The van der Waals surface area contributed by atoms with Gasteiger partial charge in [0.05, 0.1) is 22.6 Å². The zero-order chi connectivity index (χ0) is 17.2. The normalized spacial score (nSPS) is 20.8. The molecule has 2 atom stereocenters.